The van der Waals surface area contributed by atoms with Gasteiger partial charge in [-0.15, -0.1) is 0 Å². The van der Waals surface area contributed by atoms with Crippen molar-refractivity contribution in [1.82, 2.24) is 15.0 Å². The predicted molar refractivity (Wildman–Crippen MR) is 232 cm³/mol. The van der Waals surface area contributed by atoms with Crippen molar-refractivity contribution >= 4 is 32.7 Å². The third-order valence-corrected chi connectivity index (χ3v) is 13.5. The maximum absolute atomic E-state index is 6.31. The van der Waals surface area contributed by atoms with Gasteiger partial charge < -0.3 is 4.42 Å². The number of furan rings is 1. The molecule has 4 nitrogen and oxygen atoms in total. The average Bonchev–Trinajstić information content (AvgIpc) is 3.64. The Morgan fingerprint density at radius 3 is 1.61 bits per heavy atom. The van der Waals surface area contributed by atoms with Crippen LogP contribution >= 0.6 is 0 Å². The van der Waals surface area contributed by atoms with E-state index in [1.165, 1.54) is 60.6 Å². The van der Waals surface area contributed by atoms with Crippen LogP contribution in [-0.4, -0.2) is 15.0 Å². The molecule has 13 rings (SSSR count). The van der Waals surface area contributed by atoms with Crippen LogP contribution in [0.2, 0.25) is 0 Å². The van der Waals surface area contributed by atoms with Crippen LogP contribution in [0.1, 0.15) is 44.1 Å². The van der Waals surface area contributed by atoms with E-state index < -0.39 is 0 Å². The van der Waals surface area contributed by atoms with Crippen molar-refractivity contribution in [3.63, 3.8) is 0 Å². The Morgan fingerprint density at radius 1 is 0.386 bits per heavy atom. The van der Waals surface area contributed by atoms with Crippen molar-refractivity contribution < 1.29 is 4.42 Å². The van der Waals surface area contributed by atoms with E-state index in [0.717, 1.165) is 67.3 Å². The summed E-state index contributed by atoms with van der Waals surface area (Å²) in [6.45, 7) is 0. The number of benzene rings is 7. The van der Waals surface area contributed by atoms with E-state index in [1.54, 1.807) is 5.56 Å². The second-order valence-electron chi connectivity index (χ2n) is 17.0. The highest BCUT2D eigenvalue weighted by molar-refractivity contribution is 6.06. The van der Waals surface area contributed by atoms with Crippen molar-refractivity contribution in [1.29, 1.82) is 0 Å². The molecule has 274 valence electrons. The zero-order valence-corrected chi connectivity index (χ0v) is 31.7. The molecule has 4 aliphatic carbocycles. The summed E-state index contributed by atoms with van der Waals surface area (Å²) < 4.78 is 6.31. The molecule has 0 N–H and O–H groups in total. The Hall–Kier alpha value is -6.39. The molecule has 0 radical (unpaired) electrons. The first-order valence-electron chi connectivity index (χ1n) is 20.6. The SMILES string of the molecule is c1ccc(-c2ccc(-c3nc(-c4ccc5c(c4)oc4ccccc45)nc(-c4ccc(-c5ccc(C67CC8CC(CC(C8)C6)C7)cc5)c5ccccc45)n3)cc2)cc1. The summed E-state index contributed by atoms with van der Waals surface area (Å²) in [6, 6.07) is 56.2. The minimum absolute atomic E-state index is 0.393. The van der Waals surface area contributed by atoms with Crippen molar-refractivity contribution in [2.75, 3.05) is 0 Å². The normalized spacial score (nSPS) is 21.2. The molecular formula is C53H41N3O. The molecule has 0 atom stereocenters. The Bertz CT molecular complexity index is 2950. The van der Waals surface area contributed by atoms with Gasteiger partial charge in [0.2, 0.25) is 0 Å². The molecule has 7 aromatic carbocycles. The molecular weight excluding hydrogens is 695 g/mol. The van der Waals surface area contributed by atoms with E-state index in [1.807, 2.05) is 24.3 Å². The molecule has 4 heteroatoms. The van der Waals surface area contributed by atoms with E-state index in [9.17, 15) is 0 Å². The molecule has 4 fully saturated rings. The molecule has 0 amide bonds. The fourth-order valence-corrected chi connectivity index (χ4v) is 11.3. The predicted octanol–water partition coefficient (Wildman–Crippen LogP) is 13.7. The quantitative estimate of drug-likeness (QED) is 0.171. The molecule has 2 heterocycles. The number of hydrogen-bond acceptors (Lipinski definition) is 4. The van der Waals surface area contributed by atoms with Crippen LogP contribution in [0.4, 0.5) is 0 Å². The van der Waals surface area contributed by atoms with Gasteiger partial charge in [-0.25, -0.2) is 15.0 Å². The van der Waals surface area contributed by atoms with Gasteiger partial charge in [-0.1, -0.05) is 133 Å². The zero-order valence-electron chi connectivity index (χ0n) is 31.7. The van der Waals surface area contributed by atoms with Crippen molar-refractivity contribution in [3.8, 4) is 56.4 Å². The lowest BCUT2D eigenvalue weighted by atomic mass is 9.48. The van der Waals surface area contributed by atoms with Crippen LogP contribution in [0.5, 0.6) is 0 Å². The lowest BCUT2D eigenvalue weighted by Gasteiger charge is -2.57. The summed E-state index contributed by atoms with van der Waals surface area (Å²) in [5.41, 5.74) is 11.2. The van der Waals surface area contributed by atoms with E-state index in [0.29, 0.717) is 22.9 Å². The maximum atomic E-state index is 6.31. The highest BCUT2D eigenvalue weighted by Gasteiger charge is 2.51. The highest BCUT2D eigenvalue weighted by atomic mass is 16.3. The first-order chi connectivity index (χ1) is 28.1. The highest BCUT2D eigenvalue weighted by Crippen LogP contribution is 2.60. The van der Waals surface area contributed by atoms with Crippen LogP contribution in [0.3, 0.4) is 0 Å². The van der Waals surface area contributed by atoms with Gasteiger partial charge in [-0.3, -0.25) is 0 Å². The van der Waals surface area contributed by atoms with E-state index in [4.69, 9.17) is 19.4 Å². The largest absolute Gasteiger partial charge is 0.456 e. The minimum Gasteiger partial charge on any atom is -0.456 e. The molecule has 4 saturated carbocycles. The Morgan fingerprint density at radius 2 is 0.895 bits per heavy atom. The lowest BCUT2D eigenvalue weighted by Crippen LogP contribution is -2.48. The number of hydrogen-bond donors (Lipinski definition) is 0. The minimum atomic E-state index is 0.393. The lowest BCUT2D eigenvalue weighted by molar-refractivity contribution is -0.00518. The monoisotopic (exact) mass is 735 g/mol. The second-order valence-corrected chi connectivity index (χ2v) is 17.0. The third kappa shape index (κ3) is 5.53. The summed E-state index contributed by atoms with van der Waals surface area (Å²) in [4.78, 5) is 15.5. The van der Waals surface area contributed by atoms with E-state index in [-0.39, 0.29) is 0 Å². The molecule has 9 aromatic rings. The van der Waals surface area contributed by atoms with Gasteiger partial charge in [0.05, 0.1) is 0 Å². The van der Waals surface area contributed by atoms with Crippen molar-refractivity contribution in [2.24, 2.45) is 17.8 Å². The fraction of sp³-hybridized carbons (Fsp3) is 0.189. The Kier molecular flexibility index (Phi) is 7.38. The number of para-hydroxylation sites is 1. The summed E-state index contributed by atoms with van der Waals surface area (Å²) >= 11 is 0. The van der Waals surface area contributed by atoms with Gasteiger partial charge in [-0.05, 0) is 125 Å². The summed E-state index contributed by atoms with van der Waals surface area (Å²) in [5, 5.41) is 4.49. The van der Waals surface area contributed by atoms with Crippen LogP contribution < -0.4 is 0 Å². The van der Waals surface area contributed by atoms with Gasteiger partial charge in [-0.2, -0.15) is 0 Å². The fourth-order valence-electron chi connectivity index (χ4n) is 11.3. The van der Waals surface area contributed by atoms with E-state index in [2.05, 4.69) is 133 Å². The van der Waals surface area contributed by atoms with Crippen LogP contribution in [0.25, 0.3) is 89.1 Å². The Labute approximate surface area is 332 Å². The number of nitrogens with zero attached hydrogens (tertiary/aromatic N) is 3. The molecule has 0 unspecified atom stereocenters. The molecule has 0 aliphatic heterocycles. The standard InChI is InChI=1S/C53H41N3O/c1-2-8-36(9-3-1)37-14-16-39(17-15-37)50-54-51(40-20-23-46-45-12-6-7-13-48(45)57-49(46)29-40)56-52(55-50)47-25-24-42(43-10-4-5-11-44(43)47)38-18-21-41(22-19-38)53-30-33-26-34(31-53)28-35(27-33)32-53/h1-25,29,33-35H,26-28,30-32H2. The van der Waals surface area contributed by atoms with Crippen LogP contribution in [-0.2, 0) is 5.41 Å². The maximum Gasteiger partial charge on any atom is 0.164 e. The number of aromatic nitrogens is 3. The molecule has 2 aromatic heterocycles. The average molecular weight is 736 g/mol. The number of rotatable bonds is 6. The Balaban J connectivity index is 0.966. The van der Waals surface area contributed by atoms with Gasteiger partial charge in [0.15, 0.2) is 17.5 Å². The van der Waals surface area contributed by atoms with Crippen molar-refractivity contribution in [2.45, 2.75) is 43.9 Å². The molecule has 4 aliphatic rings. The topological polar surface area (TPSA) is 51.8 Å². The first kappa shape index (κ1) is 32.8. The summed E-state index contributed by atoms with van der Waals surface area (Å²) in [7, 11) is 0. The van der Waals surface area contributed by atoms with Crippen molar-refractivity contribution in [3.05, 3.63) is 163 Å². The van der Waals surface area contributed by atoms with Gasteiger partial charge >= 0.3 is 0 Å². The van der Waals surface area contributed by atoms with Gasteiger partial charge in [0, 0.05) is 27.5 Å². The van der Waals surface area contributed by atoms with Crippen LogP contribution in [0.15, 0.2) is 162 Å². The van der Waals surface area contributed by atoms with E-state index >= 15 is 0 Å². The van der Waals surface area contributed by atoms with Gasteiger partial charge in [0.1, 0.15) is 11.2 Å². The third-order valence-electron chi connectivity index (χ3n) is 13.5. The molecule has 4 bridgehead atoms. The molecule has 0 saturated heterocycles. The summed E-state index contributed by atoms with van der Waals surface area (Å²) in [6.07, 6.45) is 8.56. The molecule has 57 heavy (non-hydrogen) atoms. The smallest absolute Gasteiger partial charge is 0.164 e. The zero-order chi connectivity index (χ0) is 37.5. The molecule has 0 spiro atoms. The summed E-state index contributed by atoms with van der Waals surface area (Å²) in [5.74, 6) is 4.69. The second kappa shape index (κ2) is 12.8. The first-order valence-corrected chi connectivity index (χ1v) is 20.6. The van der Waals surface area contributed by atoms with Crippen LogP contribution in [0, 0.1) is 17.8 Å². The van der Waals surface area contributed by atoms with Gasteiger partial charge in [0.25, 0.3) is 0 Å². The number of fused-ring (bicyclic) bond motifs is 4.